The van der Waals surface area contributed by atoms with Gasteiger partial charge >= 0.3 is 0 Å². The molecule has 0 saturated heterocycles. The number of amides is 1. The first-order valence-electron chi connectivity index (χ1n) is 7.91. The molecule has 1 aromatic heterocycles. The van der Waals surface area contributed by atoms with Crippen LogP contribution in [0.25, 0.3) is 11.3 Å². The van der Waals surface area contributed by atoms with Crippen LogP contribution in [0, 0.1) is 0 Å². The van der Waals surface area contributed by atoms with Crippen molar-refractivity contribution in [2.24, 2.45) is 0 Å². The second kappa shape index (κ2) is 8.33. The minimum absolute atomic E-state index is 0.194. The molecule has 3 nitrogen and oxygen atoms in total. The van der Waals surface area contributed by atoms with E-state index in [0.717, 1.165) is 21.3 Å². The Bertz CT molecular complexity index is 946. The van der Waals surface area contributed by atoms with Gasteiger partial charge in [-0.25, -0.2) is 0 Å². The van der Waals surface area contributed by atoms with E-state index in [1.54, 1.807) is 18.3 Å². The molecule has 3 rings (SSSR count). The highest BCUT2D eigenvalue weighted by Gasteiger charge is 2.14. The summed E-state index contributed by atoms with van der Waals surface area (Å²) in [6.07, 6.45) is 1.71. The number of anilines is 1. The van der Waals surface area contributed by atoms with E-state index in [1.807, 2.05) is 49.4 Å². The van der Waals surface area contributed by atoms with Crippen LogP contribution in [0.4, 0.5) is 5.69 Å². The maximum Gasteiger partial charge on any atom is 0.256 e. The minimum Gasteiger partial charge on any atom is -0.322 e. The van der Waals surface area contributed by atoms with Gasteiger partial charge in [0.2, 0.25) is 0 Å². The SMILES string of the molecule is CC(Br)c1ccc(C(=O)Nc2ccc(Cl)c(-c3ccccn3)c2)c(Br)c1. The monoisotopic (exact) mass is 492 g/mol. The van der Waals surface area contributed by atoms with E-state index in [1.165, 1.54) is 0 Å². The van der Waals surface area contributed by atoms with Crippen LogP contribution in [0.15, 0.2) is 65.3 Å². The van der Waals surface area contributed by atoms with E-state index in [0.29, 0.717) is 16.3 Å². The molecule has 0 saturated carbocycles. The van der Waals surface area contributed by atoms with Gasteiger partial charge in [0.05, 0.1) is 16.3 Å². The number of alkyl halides is 1. The molecule has 0 bridgehead atoms. The Balaban J connectivity index is 1.86. The molecular formula is C20H15Br2ClN2O. The predicted molar refractivity (Wildman–Crippen MR) is 114 cm³/mol. The second-order valence-electron chi connectivity index (χ2n) is 5.72. The van der Waals surface area contributed by atoms with Gasteiger partial charge in [0.15, 0.2) is 0 Å². The van der Waals surface area contributed by atoms with E-state index in [-0.39, 0.29) is 10.7 Å². The van der Waals surface area contributed by atoms with Crippen LogP contribution in [0.5, 0.6) is 0 Å². The van der Waals surface area contributed by atoms with E-state index in [4.69, 9.17) is 11.6 Å². The summed E-state index contributed by atoms with van der Waals surface area (Å²) in [5.74, 6) is -0.194. The molecule has 26 heavy (non-hydrogen) atoms. The number of pyridine rings is 1. The van der Waals surface area contributed by atoms with Crippen molar-refractivity contribution < 1.29 is 4.79 Å². The van der Waals surface area contributed by atoms with Gasteiger partial charge in [0.1, 0.15) is 0 Å². The van der Waals surface area contributed by atoms with Crippen LogP contribution in [0.3, 0.4) is 0 Å². The molecule has 1 N–H and O–H groups in total. The van der Waals surface area contributed by atoms with Crippen molar-refractivity contribution in [2.45, 2.75) is 11.8 Å². The number of halogens is 3. The Hall–Kier alpha value is -1.69. The predicted octanol–water partition coefficient (Wildman–Crippen LogP) is 6.87. The third-order valence-electron chi connectivity index (χ3n) is 3.86. The number of nitrogens with zero attached hydrogens (tertiary/aromatic N) is 1. The van der Waals surface area contributed by atoms with Gasteiger partial charge in [-0.15, -0.1) is 0 Å². The average molecular weight is 495 g/mol. The molecule has 1 heterocycles. The van der Waals surface area contributed by atoms with Crippen molar-refractivity contribution in [3.63, 3.8) is 0 Å². The number of aromatic nitrogens is 1. The van der Waals surface area contributed by atoms with Gasteiger partial charge in [0, 0.05) is 26.7 Å². The molecule has 1 atom stereocenters. The second-order valence-corrected chi connectivity index (χ2v) is 8.35. The van der Waals surface area contributed by atoms with E-state index in [2.05, 4.69) is 42.2 Å². The normalized spacial score (nSPS) is 11.8. The van der Waals surface area contributed by atoms with Crippen LogP contribution in [-0.4, -0.2) is 10.9 Å². The molecule has 0 spiro atoms. The van der Waals surface area contributed by atoms with Gasteiger partial charge in [-0.05, 0) is 70.9 Å². The molecule has 6 heteroatoms. The zero-order chi connectivity index (χ0) is 18.7. The highest BCUT2D eigenvalue weighted by atomic mass is 79.9. The molecule has 3 aromatic rings. The van der Waals surface area contributed by atoms with Crippen molar-refractivity contribution in [2.75, 3.05) is 5.32 Å². The van der Waals surface area contributed by atoms with Crippen molar-refractivity contribution in [3.8, 4) is 11.3 Å². The molecule has 0 aliphatic heterocycles. The molecule has 0 aliphatic carbocycles. The third kappa shape index (κ3) is 4.34. The van der Waals surface area contributed by atoms with E-state index >= 15 is 0 Å². The number of nitrogens with one attached hydrogen (secondary N) is 1. The Morgan fingerprint density at radius 1 is 1.15 bits per heavy atom. The molecule has 0 radical (unpaired) electrons. The van der Waals surface area contributed by atoms with Gasteiger partial charge < -0.3 is 5.32 Å². The topological polar surface area (TPSA) is 42.0 Å². The van der Waals surface area contributed by atoms with Gasteiger partial charge in [-0.3, -0.25) is 9.78 Å². The van der Waals surface area contributed by atoms with Gasteiger partial charge in [-0.2, -0.15) is 0 Å². The first-order chi connectivity index (χ1) is 12.5. The van der Waals surface area contributed by atoms with E-state index < -0.39 is 0 Å². The lowest BCUT2D eigenvalue weighted by Gasteiger charge is -2.11. The summed E-state index contributed by atoms with van der Waals surface area (Å²) in [5, 5.41) is 3.50. The number of carbonyl (C=O) groups is 1. The summed E-state index contributed by atoms with van der Waals surface area (Å²) >= 11 is 13.3. The molecule has 1 unspecified atom stereocenters. The number of carbonyl (C=O) groups excluding carboxylic acids is 1. The first kappa shape index (κ1) is 19.1. The zero-order valence-corrected chi connectivity index (χ0v) is 17.8. The van der Waals surface area contributed by atoms with Crippen molar-refractivity contribution >= 4 is 55.1 Å². The van der Waals surface area contributed by atoms with Crippen molar-refractivity contribution in [3.05, 3.63) is 81.4 Å². The maximum absolute atomic E-state index is 12.6. The fourth-order valence-electron chi connectivity index (χ4n) is 2.48. The lowest BCUT2D eigenvalue weighted by molar-refractivity contribution is 0.102. The lowest BCUT2D eigenvalue weighted by atomic mass is 10.1. The zero-order valence-electron chi connectivity index (χ0n) is 13.8. The summed E-state index contributed by atoms with van der Waals surface area (Å²) in [5.41, 5.74) is 3.84. The summed E-state index contributed by atoms with van der Waals surface area (Å²) < 4.78 is 0.748. The van der Waals surface area contributed by atoms with E-state index in [9.17, 15) is 4.79 Å². The van der Waals surface area contributed by atoms with Crippen LogP contribution < -0.4 is 5.32 Å². The molecule has 132 valence electrons. The fraction of sp³-hybridized carbons (Fsp3) is 0.100. The van der Waals surface area contributed by atoms with Crippen molar-refractivity contribution in [1.82, 2.24) is 4.98 Å². The molecule has 0 fully saturated rings. The number of benzene rings is 2. The number of hydrogen-bond donors (Lipinski definition) is 1. The third-order valence-corrected chi connectivity index (χ3v) is 5.38. The maximum atomic E-state index is 12.6. The quantitative estimate of drug-likeness (QED) is 0.402. The first-order valence-corrected chi connectivity index (χ1v) is 10.00. The highest BCUT2D eigenvalue weighted by Crippen LogP contribution is 2.30. The standard InChI is InChI=1S/C20H15Br2ClN2O/c1-12(21)13-5-7-15(17(22)10-13)20(26)25-14-6-8-18(23)16(11-14)19-4-2-3-9-24-19/h2-12H,1H3,(H,25,26). The lowest BCUT2D eigenvalue weighted by Crippen LogP contribution is -2.13. The van der Waals surface area contributed by atoms with Gasteiger partial charge in [-0.1, -0.05) is 39.7 Å². The molecular weight excluding hydrogens is 479 g/mol. The summed E-state index contributed by atoms with van der Waals surface area (Å²) in [7, 11) is 0. The Labute approximate surface area is 174 Å². The summed E-state index contributed by atoms with van der Waals surface area (Å²) in [6, 6.07) is 16.7. The number of hydrogen-bond acceptors (Lipinski definition) is 2. The Morgan fingerprint density at radius 2 is 1.96 bits per heavy atom. The smallest absolute Gasteiger partial charge is 0.256 e. The molecule has 1 amide bonds. The van der Waals surface area contributed by atoms with Crippen LogP contribution >= 0.6 is 43.5 Å². The molecule has 0 aliphatic rings. The average Bonchev–Trinajstić information content (AvgIpc) is 2.63. The highest BCUT2D eigenvalue weighted by molar-refractivity contribution is 9.10. The molecule has 2 aromatic carbocycles. The van der Waals surface area contributed by atoms with Crippen molar-refractivity contribution in [1.29, 1.82) is 0 Å². The van der Waals surface area contributed by atoms with Crippen LogP contribution in [0.2, 0.25) is 5.02 Å². The largest absolute Gasteiger partial charge is 0.322 e. The van der Waals surface area contributed by atoms with Crippen LogP contribution in [-0.2, 0) is 0 Å². The Kier molecular flexibility index (Phi) is 6.12. The number of rotatable bonds is 4. The minimum atomic E-state index is -0.194. The van der Waals surface area contributed by atoms with Gasteiger partial charge in [0.25, 0.3) is 5.91 Å². The summed E-state index contributed by atoms with van der Waals surface area (Å²) in [6.45, 7) is 2.04. The van der Waals surface area contributed by atoms with Crippen LogP contribution in [0.1, 0.15) is 27.7 Å². The Morgan fingerprint density at radius 3 is 2.62 bits per heavy atom. The summed E-state index contributed by atoms with van der Waals surface area (Å²) in [4.78, 5) is 17.2. The fourth-order valence-corrected chi connectivity index (χ4v) is 3.56.